The first kappa shape index (κ1) is 21.4. The van der Waals surface area contributed by atoms with Gasteiger partial charge in [-0.05, 0) is 45.7 Å². The van der Waals surface area contributed by atoms with Crippen molar-refractivity contribution in [1.82, 2.24) is 9.55 Å². The molecule has 3 aliphatic rings. The standard InChI is InChI=1S/C21H25N3O3S3/c1-13-9-11-17(12-10-13)30(26,27)23-19-18-20(29-16-7-5-4-6-8-16)28-15(3)14(2)24(18)21(25)22-19/h9-12,16H,4-8H2,1-3H3,(H,22,23,25). The predicted molar refractivity (Wildman–Crippen MR) is 123 cm³/mol. The van der Waals surface area contributed by atoms with Gasteiger partial charge in [-0.3, -0.25) is 9.29 Å². The molecule has 0 spiro atoms. The molecule has 1 aromatic rings. The van der Waals surface area contributed by atoms with Crippen LogP contribution in [0.3, 0.4) is 0 Å². The summed E-state index contributed by atoms with van der Waals surface area (Å²) in [4.78, 5) is 18.0. The lowest BCUT2D eigenvalue weighted by Crippen LogP contribution is -2.18. The molecule has 6 nitrogen and oxygen atoms in total. The van der Waals surface area contributed by atoms with Gasteiger partial charge in [0.25, 0.3) is 10.0 Å². The van der Waals surface area contributed by atoms with Crippen LogP contribution in [-0.4, -0.2) is 23.2 Å². The zero-order chi connectivity index (χ0) is 21.5. The van der Waals surface area contributed by atoms with Crippen molar-refractivity contribution in [2.24, 2.45) is 0 Å². The zero-order valence-corrected chi connectivity index (χ0v) is 19.7. The largest absolute Gasteiger partial charge is 0.354 e. The first-order valence-corrected chi connectivity index (χ1v) is 13.2. The van der Waals surface area contributed by atoms with Crippen molar-refractivity contribution in [2.45, 2.75) is 67.2 Å². The van der Waals surface area contributed by atoms with Gasteiger partial charge in [0.05, 0.1) is 9.10 Å². The van der Waals surface area contributed by atoms with Crippen LogP contribution in [0.25, 0.3) is 5.69 Å². The molecule has 0 unspecified atom stereocenters. The third-order valence-corrected chi connectivity index (χ3v) is 9.60. The maximum atomic E-state index is 13.0. The molecule has 0 radical (unpaired) electrons. The number of nitrogens with one attached hydrogen (secondary N) is 1. The molecule has 30 heavy (non-hydrogen) atoms. The molecule has 0 amide bonds. The molecule has 1 aromatic carbocycles. The highest BCUT2D eigenvalue weighted by Crippen LogP contribution is 2.43. The van der Waals surface area contributed by atoms with Gasteiger partial charge in [0, 0.05) is 15.8 Å². The Kier molecular flexibility index (Phi) is 5.96. The summed E-state index contributed by atoms with van der Waals surface area (Å²) in [5.41, 5.74) is 1.88. The first-order valence-electron chi connectivity index (χ1n) is 10.0. The summed E-state index contributed by atoms with van der Waals surface area (Å²) >= 11 is 3.36. The maximum Gasteiger partial charge on any atom is 0.354 e. The molecule has 0 saturated heterocycles. The number of anilines is 1. The Morgan fingerprint density at radius 2 is 1.77 bits per heavy atom. The molecule has 1 aliphatic carbocycles. The number of aryl methyl sites for hydroxylation is 2. The van der Waals surface area contributed by atoms with Crippen LogP contribution >= 0.6 is 23.1 Å². The average molecular weight is 464 g/mol. The van der Waals surface area contributed by atoms with Crippen molar-refractivity contribution >= 4 is 38.9 Å². The average Bonchev–Trinajstić information content (AvgIpc) is 3.02. The Morgan fingerprint density at radius 1 is 1.10 bits per heavy atom. The van der Waals surface area contributed by atoms with Gasteiger partial charge in [0.2, 0.25) is 0 Å². The molecule has 0 bridgehead atoms. The van der Waals surface area contributed by atoms with E-state index in [0.717, 1.165) is 33.2 Å². The number of aromatic nitrogens is 2. The van der Waals surface area contributed by atoms with E-state index >= 15 is 0 Å². The van der Waals surface area contributed by atoms with Gasteiger partial charge >= 0.3 is 5.69 Å². The minimum absolute atomic E-state index is 0.109. The number of hydrogen-bond acceptors (Lipinski definition) is 6. The lowest BCUT2D eigenvalue weighted by molar-refractivity contribution is 0.516. The van der Waals surface area contributed by atoms with Crippen molar-refractivity contribution in [1.29, 1.82) is 0 Å². The van der Waals surface area contributed by atoms with Gasteiger partial charge in [-0.25, -0.2) is 13.2 Å². The molecular formula is C21H25N3O3S3. The third kappa shape index (κ3) is 4.15. The van der Waals surface area contributed by atoms with E-state index in [9.17, 15) is 13.2 Å². The van der Waals surface area contributed by atoms with E-state index in [1.807, 2.05) is 20.8 Å². The summed E-state index contributed by atoms with van der Waals surface area (Å²) in [5, 5.41) is 0.479. The van der Waals surface area contributed by atoms with Crippen molar-refractivity contribution in [3.05, 3.63) is 50.9 Å². The van der Waals surface area contributed by atoms with E-state index < -0.39 is 15.7 Å². The minimum atomic E-state index is -3.85. The number of benzene rings is 1. The highest BCUT2D eigenvalue weighted by molar-refractivity contribution is 8.01. The molecule has 1 saturated carbocycles. The van der Waals surface area contributed by atoms with Gasteiger partial charge in [0.15, 0.2) is 5.82 Å². The lowest BCUT2D eigenvalue weighted by atomic mass is 10.0. The number of imidazole rings is 1. The molecule has 1 fully saturated rings. The monoisotopic (exact) mass is 463 g/mol. The van der Waals surface area contributed by atoms with Gasteiger partial charge < -0.3 is 0 Å². The number of fused-ring (bicyclic) bond motifs is 1. The van der Waals surface area contributed by atoms with Crippen LogP contribution < -0.4 is 10.4 Å². The molecule has 2 heterocycles. The maximum absolute atomic E-state index is 13.0. The van der Waals surface area contributed by atoms with E-state index in [0.29, 0.717) is 10.9 Å². The van der Waals surface area contributed by atoms with Crippen LogP contribution in [0.4, 0.5) is 5.82 Å². The van der Waals surface area contributed by atoms with Crippen molar-refractivity contribution < 1.29 is 8.42 Å². The van der Waals surface area contributed by atoms with E-state index in [2.05, 4.69) is 9.71 Å². The van der Waals surface area contributed by atoms with E-state index in [-0.39, 0.29) is 10.7 Å². The number of nitrogens with zero attached hydrogens (tertiary/aromatic N) is 2. The summed E-state index contributed by atoms with van der Waals surface area (Å²) in [6, 6.07) is 6.62. The number of rotatable bonds is 5. The normalized spacial score (nSPS) is 15.6. The summed E-state index contributed by atoms with van der Waals surface area (Å²) in [7, 11) is -3.85. The molecule has 2 aliphatic heterocycles. The Bertz CT molecular complexity index is 1190. The van der Waals surface area contributed by atoms with E-state index in [4.69, 9.17) is 0 Å². The fourth-order valence-electron chi connectivity index (χ4n) is 3.71. The Hall–Kier alpha value is -1.84. The molecule has 0 atom stereocenters. The topological polar surface area (TPSA) is 81.1 Å². The fourth-order valence-corrected chi connectivity index (χ4v) is 7.66. The van der Waals surface area contributed by atoms with Crippen LogP contribution in [0.2, 0.25) is 0 Å². The fraction of sp³-hybridized carbons (Fsp3) is 0.429. The lowest BCUT2D eigenvalue weighted by Gasteiger charge is -2.23. The van der Waals surface area contributed by atoms with Gasteiger partial charge in [0.1, 0.15) is 5.69 Å². The predicted octanol–water partition coefficient (Wildman–Crippen LogP) is 4.88. The zero-order valence-electron chi connectivity index (χ0n) is 17.3. The van der Waals surface area contributed by atoms with Gasteiger partial charge in [-0.1, -0.05) is 37.0 Å². The quantitative estimate of drug-likeness (QED) is 0.583. The third-order valence-electron chi connectivity index (χ3n) is 5.52. The summed E-state index contributed by atoms with van der Waals surface area (Å²) in [6.45, 7) is 5.76. The van der Waals surface area contributed by atoms with Crippen LogP contribution in [-0.2, 0) is 10.0 Å². The molecule has 160 valence electrons. The molecule has 9 heteroatoms. The summed E-state index contributed by atoms with van der Waals surface area (Å²) < 4.78 is 31.0. The van der Waals surface area contributed by atoms with Crippen LogP contribution in [0.5, 0.6) is 0 Å². The van der Waals surface area contributed by atoms with E-state index in [1.54, 1.807) is 51.9 Å². The number of hydrogen-bond donors (Lipinski definition) is 1. The van der Waals surface area contributed by atoms with Gasteiger partial charge in [-0.15, -0.1) is 23.1 Å². The molecule has 4 rings (SSSR count). The van der Waals surface area contributed by atoms with Crippen LogP contribution in [0.15, 0.2) is 38.2 Å². The van der Waals surface area contributed by atoms with Crippen molar-refractivity contribution in [3.8, 4) is 5.69 Å². The van der Waals surface area contributed by atoms with Crippen molar-refractivity contribution in [2.75, 3.05) is 4.72 Å². The van der Waals surface area contributed by atoms with Crippen LogP contribution in [0.1, 0.15) is 48.2 Å². The highest BCUT2D eigenvalue weighted by Gasteiger charge is 2.28. The Morgan fingerprint density at radius 3 is 2.43 bits per heavy atom. The minimum Gasteiger partial charge on any atom is -0.261 e. The Labute approximate surface area is 185 Å². The SMILES string of the molecule is Cc1ccc(S(=O)(=O)Nc2nc(=O)n3c(C)c(C)sc(SC4CCCCC4)c2-3)cc1. The van der Waals surface area contributed by atoms with Crippen molar-refractivity contribution in [3.63, 3.8) is 0 Å². The molecule has 0 aromatic heterocycles. The second kappa shape index (κ2) is 8.36. The summed E-state index contributed by atoms with van der Waals surface area (Å²) in [6.07, 6.45) is 5.96. The first-order chi connectivity index (χ1) is 14.3. The van der Waals surface area contributed by atoms with Crippen LogP contribution in [0, 0.1) is 20.8 Å². The summed E-state index contributed by atoms with van der Waals surface area (Å²) in [5.74, 6) is 0.109. The molecule has 1 N–H and O–H groups in total. The second-order valence-corrected chi connectivity index (χ2v) is 12.2. The smallest absolute Gasteiger partial charge is 0.261 e. The highest BCUT2D eigenvalue weighted by atomic mass is 32.2. The second-order valence-electron chi connectivity index (χ2n) is 7.75. The van der Waals surface area contributed by atoms with Gasteiger partial charge in [-0.2, -0.15) is 4.98 Å². The molecular weight excluding hydrogens is 438 g/mol. The van der Waals surface area contributed by atoms with E-state index in [1.165, 1.54) is 19.3 Å². The Balaban J connectivity index is 1.78. The number of thioether (sulfide) groups is 1. The number of sulfonamides is 1.